The molecule has 2 saturated carbocycles. The summed E-state index contributed by atoms with van der Waals surface area (Å²) in [4.78, 5) is 0. The van der Waals surface area contributed by atoms with Crippen LogP contribution in [0.2, 0.25) is 0 Å². The summed E-state index contributed by atoms with van der Waals surface area (Å²) < 4.78 is 6.29. The van der Waals surface area contributed by atoms with Crippen molar-refractivity contribution in [2.45, 2.75) is 78.9 Å². The largest absolute Gasteiger partial charge is 0.378 e. The molecule has 0 saturated heterocycles. The Morgan fingerprint density at radius 2 is 2.05 bits per heavy atom. The van der Waals surface area contributed by atoms with Crippen molar-refractivity contribution < 1.29 is 4.74 Å². The van der Waals surface area contributed by atoms with Crippen LogP contribution in [-0.4, -0.2) is 25.3 Å². The molecule has 0 aromatic heterocycles. The molecule has 0 aromatic carbocycles. The third-order valence-corrected chi connectivity index (χ3v) is 6.33. The summed E-state index contributed by atoms with van der Waals surface area (Å²) in [5.41, 5.74) is 0.890. The first kappa shape index (κ1) is 15.3. The Balaban J connectivity index is 1.76. The first-order valence-electron chi connectivity index (χ1n) is 8.26. The van der Waals surface area contributed by atoms with Crippen LogP contribution in [0, 0.1) is 16.7 Å². The second-order valence-corrected chi connectivity index (χ2v) is 7.61. The Labute approximate surface area is 119 Å². The standard InChI is InChI=1S/C17H33NO/c1-6-10-18-13(2)8-11-19-15-12-14-7-9-17(15,5)16(14,3)4/h13-15,18H,6-12H2,1-5H3. The maximum atomic E-state index is 6.29. The van der Waals surface area contributed by atoms with Crippen LogP contribution in [0.3, 0.4) is 0 Å². The van der Waals surface area contributed by atoms with Crippen LogP contribution in [0.5, 0.6) is 0 Å². The highest BCUT2D eigenvalue weighted by molar-refractivity contribution is 5.11. The molecule has 112 valence electrons. The van der Waals surface area contributed by atoms with Gasteiger partial charge in [0, 0.05) is 12.6 Å². The smallest absolute Gasteiger partial charge is 0.0636 e. The number of fused-ring (bicyclic) bond motifs is 2. The van der Waals surface area contributed by atoms with Crippen LogP contribution in [-0.2, 0) is 4.74 Å². The summed E-state index contributed by atoms with van der Waals surface area (Å²) in [5, 5.41) is 3.54. The molecule has 2 heteroatoms. The monoisotopic (exact) mass is 267 g/mol. The summed E-state index contributed by atoms with van der Waals surface area (Å²) in [6.45, 7) is 13.9. The molecule has 2 aliphatic rings. The second kappa shape index (κ2) is 5.73. The summed E-state index contributed by atoms with van der Waals surface area (Å²) in [7, 11) is 0. The van der Waals surface area contributed by atoms with E-state index in [0.29, 0.717) is 23.0 Å². The Morgan fingerprint density at radius 3 is 2.58 bits per heavy atom. The average Bonchev–Trinajstić information content (AvgIpc) is 2.69. The summed E-state index contributed by atoms with van der Waals surface area (Å²) in [6, 6.07) is 0.583. The molecule has 0 heterocycles. The zero-order valence-corrected chi connectivity index (χ0v) is 13.6. The fourth-order valence-electron chi connectivity index (χ4n) is 4.26. The molecule has 4 unspecified atom stereocenters. The topological polar surface area (TPSA) is 21.3 Å². The second-order valence-electron chi connectivity index (χ2n) is 7.61. The maximum absolute atomic E-state index is 6.29. The molecule has 2 aliphatic carbocycles. The lowest BCUT2D eigenvalue weighted by Crippen LogP contribution is -2.38. The molecular weight excluding hydrogens is 234 g/mol. The van der Waals surface area contributed by atoms with Gasteiger partial charge in [0.1, 0.15) is 0 Å². The van der Waals surface area contributed by atoms with Gasteiger partial charge in [-0.1, -0.05) is 27.7 Å². The fourth-order valence-corrected chi connectivity index (χ4v) is 4.26. The predicted octanol–water partition coefficient (Wildman–Crippen LogP) is 4.00. The third-order valence-electron chi connectivity index (χ3n) is 6.33. The van der Waals surface area contributed by atoms with Crippen molar-refractivity contribution >= 4 is 0 Å². The van der Waals surface area contributed by atoms with Gasteiger partial charge >= 0.3 is 0 Å². The molecule has 2 rings (SSSR count). The zero-order valence-electron chi connectivity index (χ0n) is 13.6. The van der Waals surface area contributed by atoms with Gasteiger partial charge in [0.25, 0.3) is 0 Å². The Morgan fingerprint density at radius 1 is 1.32 bits per heavy atom. The van der Waals surface area contributed by atoms with Crippen molar-refractivity contribution in [1.82, 2.24) is 5.32 Å². The first-order chi connectivity index (χ1) is 8.91. The van der Waals surface area contributed by atoms with E-state index in [-0.39, 0.29) is 0 Å². The van der Waals surface area contributed by atoms with E-state index >= 15 is 0 Å². The number of hydrogen-bond donors (Lipinski definition) is 1. The molecule has 0 aromatic rings. The quantitative estimate of drug-likeness (QED) is 0.753. The van der Waals surface area contributed by atoms with Crippen LogP contribution in [0.15, 0.2) is 0 Å². The lowest BCUT2D eigenvalue weighted by Gasteiger charge is -2.39. The normalized spacial score (nSPS) is 37.7. The van der Waals surface area contributed by atoms with Gasteiger partial charge in [0.05, 0.1) is 6.10 Å². The minimum Gasteiger partial charge on any atom is -0.378 e. The van der Waals surface area contributed by atoms with Crippen molar-refractivity contribution in [3.05, 3.63) is 0 Å². The van der Waals surface area contributed by atoms with Crippen molar-refractivity contribution in [3.63, 3.8) is 0 Å². The van der Waals surface area contributed by atoms with Gasteiger partial charge in [0.15, 0.2) is 0 Å². The molecule has 0 amide bonds. The van der Waals surface area contributed by atoms with E-state index < -0.39 is 0 Å². The maximum Gasteiger partial charge on any atom is 0.0636 e. The molecule has 0 spiro atoms. The Hall–Kier alpha value is -0.0800. The molecule has 4 atom stereocenters. The van der Waals surface area contributed by atoms with E-state index in [2.05, 4.69) is 39.9 Å². The van der Waals surface area contributed by atoms with Gasteiger partial charge in [-0.2, -0.15) is 0 Å². The van der Waals surface area contributed by atoms with Gasteiger partial charge in [-0.05, 0) is 62.3 Å². The van der Waals surface area contributed by atoms with Gasteiger partial charge in [-0.25, -0.2) is 0 Å². The summed E-state index contributed by atoms with van der Waals surface area (Å²) in [6.07, 6.45) is 6.91. The van der Waals surface area contributed by atoms with Crippen LogP contribution < -0.4 is 5.32 Å². The van der Waals surface area contributed by atoms with Gasteiger partial charge < -0.3 is 10.1 Å². The lowest BCUT2D eigenvalue weighted by atomic mass is 9.70. The molecular formula is C17H33NO. The van der Waals surface area contributed by atoms with Crippen molar-refractivity contribution in [2.75, 3.05) is 13.2 Å². The van der Waals surface area contributed by atoms with Crippen LogP contribution in [0.4, 0.5) is 0 Å². The fraction of sp³-hybridized carbons (Fsp3) is 1.00. The first-order valence-corrected chi connectivity index (χ1v) is 8.26. The highest BCUT2D eigenvalue weighted by Crippen LogP contribution is 2.66. The summed E-state index contributed by atoms with van der Waals surface area (Å²) >= 11 is 0. The molecule has 2 bridgehead atoms. The van der Waals surface area contributed by atoms with Crippen LogP contribution in [0.25, 0.3) is 0 Å². The summed E-state index contributed by atoms with van der Waals surface area (Å²) in [5.74, 6) is 0.887. The van der Waals surface area contributed by atoms with Crippen LogP contribution >= 0.6 is 0 Å². The minimum absolute atomic E-state index is 0.414. The Bertz CT molecular complexity index is 302. The van der Waals surface area contributed by atoms with Crippen molar-refractivity contribution in [3.8, 4) is 0 Å². The van der Waals surface area contributed by atoms with Gasteiger partial charge in [0.2, 0.25) is 0 Å². The highest BCUT2D eigenvalue weighted by Gasteiger charge is 2.61. The SMILES string of the molecule is CCCNC(C)CCOC1CC2CCC1(C)C2(C)C. The predicted molar refractivity (Wildman–Crippen MR) is 81.3 cm³/mol. The molecule has 1 N–H and O–H groups in total. The number of ether oxygens (including phenoxy) is 1. The van der Waals surface area contributed by atoms with E-state index in [1.807, 2.05) is 0 Å². The van der Waals surface area contributed by atoms with Gasteiger partial charge in [-0.15, -0.1) is 0 Å². The van der Waals surface area contributed by atoms with Crippen LogP contribution in [0.1, 0.15) is 66.7 Å². The minimum atomic E-state index is 0.414. The zero-order chi connectivity index (χ0) is 14.1. The third kappa shape index (κ3) is 2.71. The van der Waals surface area contributed by atoms with E-state index in [1.54, 1.807) is 0 Å². The van der Waals surface area contributed by atoms with Gasteiger partial charge in [-0.3, -0.25) is 0 Å². The number of nitrogens with one attached hydrogen (secondary N) is 1. The van der Waals surface area contributed by atoms with E-state index in [0.717, 1.165) is 25.5 Å². The van der Waals surface area contributed by atoms with Crippen molar-refractivity contribution in [2.24, 2.45) is 16.7 Å². The molecule has 19 heavy (non-hydrogen) atoms. The number of rotatable bonds is 7. The lowest BCUT2D eigenvalue weighted by molar-refractivity contribution is -0.0485. The molecule has 2 nitrogen and oxygen atoms in total. The van der Waals surface area contributed by atoms with Crippen molar-refractivity contribution in [1.29, 1.82) is 0 Å². The van der Waals surface area contributed by atoms with E-state index in [9.17, 15) is 0 Å². The van der Waals surface area contributed by atoms with E-state index in [1.165, 1.54) is 25.7 Å². The molecule has 0 aliphatic heterocycles. The van der Waals surface area contributed by atoms with E-state index in [4.69, 9.17) is 4.74 Å². The Kier molecular flexibility index (Phi) is 4.62. The number of hydrogen-bond acceptors (Lipinski definition) is 2. The molecule has 0 radical (unpaired) electrons. The molecule has 2 fully saturated rings. The highest BCUT2D eigenvalue weighted by atomic mass is 16.5. The average molecular weight is 267 g/mol.